The Kier molecular flexibility index (Phi) is 11.2. The summed E-state index contributed by atoms with van der Waals surface area (Å²) in [7, 11) is 0. The van der Waals surface area contributed by atoms with E-state index in [4.69, 9.17) is 23.2 Å². The van der Waals surface area contributed by atoms with Crippen LogP contribution in [0.2, 0.25) is 10.0 Å². The molecule has 0 unspecified atom stereocenters. The van der Waals surface area contributed by atoms with Gasteiger partial charge in [-0.3, -0.25) is 9.59 Å². The van der Waals surface area contributed by atoms with Crippen molar-refractivity contribution in [2.45, 2.75) is 44.2 Å². The number of nitrogens with zero attached hydrogens (tertiary/aromatic N) is 1. The minimum absolute atomic E-state index is 0.0925. The van der Waals surface area contributed by atoms with Gasteiger partial charge in [0.1, 0.15) is 6.04 Å². The Morgan fingerprint density at radius 3 is 2.25 bits per heavy atom. The lowest BCUT2D eigenvalue weighted by Crippen LogP contribution is -2.51. The second-order valence-electron chi connectivity index (χ2n) is 9.01. The SMILES string of the molecule is CC(C)CNC(=O)[C@@H](Cc1ccccc1)N(Cc1ccc(Cl)cc1Cl)C(=O)CCSc1ccccc1. The molecule has 0 saturated carbocycles. The zero-order chi connectivity index (χ0) is 25.9. The summed E-state index contributed by atoms with van der Waals surface area (Å²) < 4.78 is 0. The lowest BCUT2D eigenvalue weighted by molar-refractivity contribution is -0.141. The zero-order valence-corrected chi connectivity index (χ0v) is 23.0. The molecule has 1 N–H and O–H groups in total. The molecule has 0 radical (unpaired) electrons. The highest BCUT2D eigenvalue weighted by molar-refractivity contribution is 7.99. The number of halogens is 2. The fourth-order valence-electron chi connectivity index (χ4n) is 3.73. The highest BCUT2D eigenvalue weighted by Crippen LogP contribution is 2.25. The maximum Gasteiger partial charge on any atom is 0.243 e. The molecule has 3 aromatic carbocycles. The van der Waals surface area contributed by atoms with Gasteiger partial charge in [-0.15, -0.1) is 11.8 Å². The fraction of sp³-hybridized carbons (Fsp3) is 0.310. The van der Waals surface area contributed by atoms with Crippen molar-refractivity contribution in [3.63, 3.8) is 0 Å². The molecule has 0 spiro atoms. The normalized spacial score (nSPS) is 11.8. The van der Waals surface area contributed by atoms with E-state index in [1.54, 1.807) is 28.8 Å². The van der Waals surface area contributed by atoms with Crippen LogP contribution in [0.3, 0.4) is 0 Å². The van der Waals surface area contributed by atoms with Crippen LogP contribution in [0, 0.1) is 5.92 Å². The molecule has 36 heavy (non-hydrogen) atoms. The molecular weight excluding hydrogens is 511 g/mol. The van der Waals surface area contributed by atoms with Crippen LogP contribution >= 0.6 is 35.0 Å². The molecule has 0 heterocycles. The molecule has 7 heteroatoms. The van der Waals surface area contributed by atoms with E-state index in [0.717, 1.165) is 16.0 Å². The van der Waals surface area contributed by atoms with Crippen molar-refractivity contribution in [2.24, 2.45) is 5.92 Å². The standard InChI is InChI=1S/C29H32Cl2N2O2S/c1-21(2)19-32-29(35)27(17-22-9-5-3-6-10-22)33(20-23-13-14-24(30)18-26(23)31)28(34)15-16-36-25-11-7-4-8-12-25/h3-14,18,21,27H,15-17,19-20H2,1-2H3,(H,32,35)/t27-/m1/s1. The molecule has 0 aliphatic rings. The molecule has 0 aromatic heterocycles. The topological polar surface area (TPSA) is 49.4 Å². The summed E-state index contributed by atoms with van der Waals surface area (Å²) in [5.74, 6) is 0.648. The number of carbonyl (C=O) groups excluding carboxylic acids is 2. The van der Waals surface area contributed by atoms with E-state index in [9.17, 15) is 9.59 Å². The van der Waals surface area contributed by atoms with Gasteiger partial charge in [-0.25, -0.2) is 0 Å². The van der Waals surface area contributed by atoms with E-state index in [2.05, 4.69) is 5.32 Å². The Morgan fingerprint density at radius 2 is 1.61 bits per heavy atom. The molecule has 2 amide bonds. The maximum absolute atomic E-state index is 13.7. The molecule has 1 atom stereocenters. The first-order valence-electron chi connectivity index (χ1n) is 12.1. The van der Waals surface area contributed by atoms with Crippen LogP contribution in [0.5, 0.6) is 0 Å². The second kappa shape index (κ2) is 14.3. The zero-order valence-electron chi connectivity index (χ0n) is 20.6. The molecule has 0 aliphatic heterocycles. The van der Waals surface area contributed by atoms with Crippen molar-refractivity contribution < 1.29 is 9.59 Å². The number of amides is 2. The summed E-state index contributed by atoms with van der Waals surface area (Å²) in [5, 5.41) is 4.03. The van der Waals surface area contributed by atoms with Gasteiger partial charge in [0.15, 0.2) is 0 Å². The van der Waals surface area contributed by atoms with Crippen LogP contribution < -0.4 is 5.32 Å². The van der Waals surface area contributed by atoms with Crippen LogP contribution in [0.25, 0.3) is 0 Å². The van der Waals surface area contributed by atoms with Crippen molar-refractivity contribution in [3.05, 3.63) is 100 Å². The third-order valence-corrected chi connectivity index (χ3v) is 7.24. The van der Waals surface area contributed by atoms with Gasteiger partial charge in [0.05, 0.1) is 0 Å². The molecule has 3 rings (SSSR count). The van der Waals surface area contributed by atoms with E-state index in [-0.39, 0.29) is 18.4 Å². The van der Waals surface area contributed by atoms with Gasteiger partial charge in [0, 0.05) is 46.6 Å². The summed E-state index contributed by atoms with van der Waals surface area (Å²) >= 11 is 14.2. The van der Waals surface area contributed by atoms with Gasteiger partial charge < -0.3 is 10.2 Å². The van der Waals surface area contributed by atoms with E-state index >= 15 is 0 Å². The van der Waals surface area contributed by atoms with E-state index in [0.29, 0.717) is 41.1 Å². The van der Waals surface area contributed by atoms with Crippen molar-refractivity contribution in [3.8, 4) is 0 Å². The number of benzene rings is 3. The number of hydrogen-bond acceptors (Lipinski definition) is 3. The second-order valence-corrected chi connectivity index (χ2v) is 11.0. The van der Waals surface area contributed by atoms with E-state index < -0.39 is 6.04 Å². The van der Waals surface area contributed by atoms with Gasteiger partial charge >= 0.3 is 0 Å². The lowest BCUT2D eigenvalue weighted by Gasteiger charge is -2.32. The quantitative estimate of drug-likeness (QED) is 0.253. The average molecular weight is 544 g/mol. The van der Waals surface area contributed by atoms with E-state index in [1.807, 2.05) is 80.6 Å². The Hall–Kier alpha value is -2.47. The smallest absolute Gasteiger partial charge is 0.243 e. The number of rotatable bonds is 12. The summed E-state index contributed by atoms with van der Waals surface area (Å²) in [5.41, 5.74) is 1.74. The van der Waals surface area contributed by atoms with Gasteiger partial charge in [0.25, 0.3) is 0 Å². The highest BCUT2D eigenvalue weighted by Gasteiger charge is 2.30. The number of hydrogen-bond donors (Lipinski definition) is 1. The van der Waals surface area contributed by atoms with Crippen molar-refractivity contribution in [2.75, 3.05) is 12.3 Å². The van der Waals surface area contributed by atoms with Crippen molar-refractivity contribution in [1.82, 2.24) is 10.2 Å². The first kappa shape index (κ1) is 28.1. The molecular formula is C29H32Cl2N2O2S. The summed E-state index contributed by atoms with van der Waals surface area (Å²) in [6.07, 6.45) is 0.709. The van der Waals surface area contributed by atoms with Crippen LogP contribution in [-0.4, -0.2) is 35.1 Å². The third kappa shape index (κ3) is 8.88. The van der Waals surface area contributed by atoms with E-state index in [1.165, 1.54) is 0 Å². The minimum atomic E-state index is -0.674. The lowest BCUT2D eigenvalue weighted by atomic mass is 10.0. The number of thioether (sulfide) groups is 1. The Bertz CT molecular complexity index is 1130. The summed E-state index contributed by atoms with van der Waals surface area (Å²) in [6.45, 7) is 4.85. The molecule has 3 aromatic rings. The first-order valence-corrected chi connectivity index (χ1v) is 13.8. The van der Waals surface area contributed by atoms with Crippen LogP contribution in [0.1, 0.15) is 31.4 Å². The maximum atomic E-state index is 13.7. The average Bonchev–Trinajstić information content (AvgIpc) is 2.87. The highest BCUT2D eigenvalue weighted by atomic mass is 35.5. The molecule has 4 nitrogen and oxygen atoms in total. The Balaban J connectivity index is 1.87. The third-order valence-electron chi connectivity index (χ3n) is 5.64. The van der Waals surface area contributed by atoms with Crippen LogP contribution in [-0.2, 0) is 22.6 Å². The number of carbonyl (C=O) groups is 2. The predicted octanol–water partition coefficient (Wildman–Crippen LogP) is 6.89. The van der Waals surface area contributed by atoms with Gasteiger partial charge in [0.2, 0.25) is 11.8 Å². The molecule has 0 aliphatic carbocycles. The largest absolute Gasteiger partial charge is 0.354 e. The molecule has 0 fully saturated rings. The molecule has 0 bridgehead atoms. The van der Waals surface area contributed by atoms with Crippen molar-refractivity contribution in [1.29, 1.82) is 0 Å². The summed E-state index contributed by atoms with van der Waals surface area (Å²) in [4.78, 5) is 29.9. The first-order chi connectivity index (χ1) is 17.3. The Morgan fingerprint density at radius 1 is 0.944 bits per heavy atom. The monoisotopic (exact) mass is 542 g/mol. The van der Waals surface area contributed by atoms with Crippen molar-refractivity contribution >= 4 is 46.8 Å². The van der Waals surface area contributed by atoms with Crippen LogP contribution in [0.15, 0.2) is 83.8 Å². The summed E-state index contributed by atoms with van der Waals surface area (Å²) in [6, 6.07) is 24.3. The predicted molar refractivity (Wildman–Crippen MR) is 151 cm³/mol. The molecule has 0 saturated heterocycles. The van der Waals surface area contributed by atoms with Crippen LogP contribution in [0.4, 0.5) is 0 Å². The van der Waals surface area contributed by atoms with Gasteiger partial charge in [-0.2, -0.15) is 0 Å². The minimum Gasteiger partial charge on any atom is -0.354 e. The Labute approximate surface area is 228 Å². The fourth-order valence-corrected chi connectivity index (χ4v) is 5.06. The van der Waals surface area contributed by atoms with Gasteiger partial charge in [-0.05, 0) is 41.3 Å². The van der Waals surface area contributed by atoms with Gasteiger partial charge in [-0.1, -0.05) is 91.6 Å². The number of nitrogens with one attached hydrogen (secondary N) is 1. The molecule has 190 valence electrons.